The molecule has 0 bridgehead atoms. The Bertz CT molecular complexity index is 264. The van der Waals surface area contributed by atoms with Gasteiger partial charge in [0.2, 0.25) is 0 Å². The maximum atomic E-state index is 3.50. The van der Waals surface area contributed by atoms with Crippen molar-refractivity contribution < 1.29 is 0 Å². The molecule has 1 aromatic rings. The van der Waals surface area contributed by atoms with Crippen molar-refractivity contribution >= 4 is 8.07 Å². The first-order chi connectivity index (χ1) is 7.08. The Morgan fingerprint density at radius 1 is 1.07 bits per heavy atom. The van der Waals surface area contributed by atoms with Gasteiger partial charge in [-0.05, 0) is 18.5 Å². The lowest BCUT2D eigenvalue weighted by Crippen LogP contribution is -2.22. The molecule has 0 amide bonds. The van der Waals surface area contributed by atoms with Crippen LogP contribution in [-0.4, -0.2) is 14.6 Å². The van der Waals surface area contributed by atoms with E-state index in [4.69, 9.17) is 0 Å². The van der Waals surface area contributed by atoms with Crippen LogP contribution in [0.3, 0.4) is 0 Å². The number of benzene rings is 1. The van der Waals surface area contributed by atoms with Crippen LogP contribution in [0.2, 0.25) is 25.7 Å². The van der Waals surface area contributed by atoms with Crippen molar-refractivity contribution in [1.29, 1.82) is 0 Å². The van der Waals surface area contributed by atoms with Crippen molar-refractivity contribution in [3.8, 4) is 0 Å². The SMILES string of the molecule is C[Si](C)(C)CCCNCc1ccccc1. The van der Waals surface area contributed by atoms with E-state index in [1.165, 1.54) is 18.0 Å². The van der Waals surface area contributed by atoms with E-state index in [0.29, 0.717) is 0 Å². The fraction of sp³-hybridized carbons (Fsp3) is 0.538. The minimum Gasteiger partial charge on any atom is -0.313 e. The van der Waals surface area contributed by atoms with Crippen molar-refractivity contribution in [2.75, 3.05) is 6.54 Å². The van der Waals surface area contributed by atoms with Gasteiger partial charge in [-0.1, -0.05) is 56.0 Å². The Labute approximate surface area is 94.9 Å². The summed E-state index contributed by atoms with van der Waals surface area (Å²) in [5, 5.41) is 3.50. The summed E-state index contributed by atoms with van der Waals surface area (Å²) in [5.74, 6) is 0. The third-order valence-electron chi connectivity index (χ3n) is 2.45. The van der Waals surface area contributed by atoms with Crippen LogP contribution in [-0.2, 0) is 6.54 Å². The zero-order valence-electron chi connectivity index (χ0n) is 10.2. The molecule has 0 unspecified atom stereocenters. The van der Waals surface area contributed by atoms with Gasteiger partial charge in [-0.2, -0.15) is 0 Å². The van der Waals surface area contributed by atoms with E-state index in [9.17, 15) is 0 Å². The molecule has 0 aliphatic rings. The summed E-state index contributed by atoms with van der Waals surface area (Å²) < 4.78 is 0. The van der Waals surface area contributed by atoms with E-state index in [2.05, 4.69) is 55.3 Å². The largest absolute Gasteiger partial charge is 0.313 e. The quantitative estimate of drug-likeness (QED) is 0.572. The molecule has 0 spiro atoms. The first kappa shape index (κ1) is 12.5. The van der Waals surface area contributed by atoms with E-state index in [1.54, 1.807) is 0 Å². The fourth-order valence-electron chi connectivity index (χ4n) is 1.57. The highest BCUT2D eigenvalue weighted by atomic mass is 28.3. The summed E-state index contributed by atoms with van der Waals surface area (Å²) in [5.41, 5.74) is 1.38. The smallest absolute Gasteiger partial charge is 0.0443 e. The van der Waals surface area contributed by atoms with Gasteiger partial charge in [0.25, 0.3) is 0 Å². The molecule has 1 aromatic carbocycles. The summed E-state index contributed by atoms with van der Waals surface area (Å²) in [6, 6.07) is 12.0. The van der Waals surface area contributed by atoms with Crippen LogP contribution < -0.4 is 5.32 Å². The van der Waals surface area contributed by atoms with Gasteiger partial charge >= 0.3 is 0 Å². The molecule has 0 atom stereocenters. The summed E-state index contributed by atoms with van der Waals surface area (Å²) in [6.07, 6.45) is 1.32. The van der Waals surface area contributed by atoms with Crippen LogP contribution in [0.25, 0.3) is 0 Å². The highest BCUT2D eigenvalue weighted by Gasteiger charge is 2.11. The molecular weight excluding hydrogens is 198 g/mol. The molecule has 1 rings (SSSR count). The average molecular weight is 221 g/mol. The molecule has 1 nitrogen and oxygen atoms in total. The fourth-order valence-corrected chi connectivity index (χ4v) is 2.81. The molecule has 2 heteroatoms. The highest BCUT2D eigenvalue weighted by molar-refractivity contribution is 6.76. The van der Waals surface area contributed by atoms with Crippen molar-refractivity contribution in [3.05, 3.63) is 35.9 Å². The minimum atomic E-state index is -0.826. The van der Waals surface area contributed by atoms with E-state index in [0.717, 1.165) is 13.1 Å². The standard InChI is InChI=1S/C13H23NSi/c1-15(2,3)11-7-10-14-12-13-8-5-4-6-9-13/h4-6,8-9,14H,7,10-12H2,1-3H3. The van der Waals surface area contributed by atoms with Crippen LogP contribution in [0.15, 0.2) is 30.3 Å². The highest BCUT2D eigenvalue weighted by Crippen LogP contribution is 2.10. The molecule has 0 fully saturated rings. The molecule has 0 aliphatic carbocycles. The lowest BCUT2D eigenvalue weighted by molar-refractivity contribution is 0.672. The van der Waals surface area contributed by atoms with Gasteiger partial charge in [0, 0.05) is 14.6 Å². The Morgan fingerprint density at radius 2 is 1.73 bits per heavy atom. The van der Waals surface area contributed by atoms with Gasteiger partial charge in [0.05, 0.1) is 0 Å². The van der Waals surface area contributed by atoms with Gasteiger partial charge in [-0.15, -0.1) is 0 Å². The normalized spacial score (nSPS) is 11.7. The second-order valence-electron chi connectivity index (χ2n) is 5.33. The predicted octanol–water partition coefficient (Wildman–Crippen LogP) is 3.50. The maximum absolute atomic E-state index is 3.50. The van der Waals surface area contributed by atoms with Crippen LogP contribution in [0.4, 0.5) is 0 Å². The Hall–Kier alpha value is -0.603. The third-order valence-corrected chi connectivity index (χ3v) is 4.31. The van der Waals surface area contributed by atoms with E-state index in [1.807, 2.05) is 0 Å². The molecule has 1 N–H and O–H groups in total. The molecule has 0 heterocycles. The first-order valence-electron chi connectivity index (χ1n) is 5.82. The van der Waals surface area contributed by atoms with Crippen LogP contribution in [0.1, 0.15) is 12.0 Å². The molecule has 84 valence electrons. The van der Waals surface area contributed by atoms with Gasteiger partial charge in [0.15, 0.2) is 0 Å². The second kappa shape index (κ2) is 6.08. The summed E-state index contributed by atoms with van der Waals surface area (Å²) >= 11 is 0. The number of rotatable bonds is 6. The Morgan fingerprint density at radius 3 is 2.33 bits per heavy atom. The predicted molar refractivity (Wildman–Crippen MR) is 70.9 cm³/mol. The maximum Gasteiger partial charge on any atom is 0.0443 e. The third kappa shape index (κ3) is 6.47. The lowest BCUT2D eigenvalue weighted by atomic mass is 10.2. The van der Waals surface area contributed by atoms with Crippen LogP contribution in [0, 0.1) is 0 Å². The molecule has 0 aliphatic heterocycles. The number of nitrogens with one attached hydrogen (secondary N) is 1. The van der Waals surface area contributed by atoms with Crippen molar-refractivity contribution in [2.24, 2.45) is 0 Å². The molecular formula is C13H23NSi. The van der Waals surface area contributed by atoms with Gasteiger partial charge in [-0.3, -0.25) is 0 Å². The topological polar surface area (TPSA) is 12.0 Å². The van der Waals surface area contributed by atoms with Crippen molar-refractivity contribution in [1.82, 2.24) is 5.32 Å². The Balaban J connectivity index is 2.08. The minimum absolute atomic E-state index is 0.826. The lowest BCUT2D eigenvalue weighted by Gasteiger charge is -2.15. The first-order valence-corrected chi connectivity index (χ1v) is 9.53. The number of hydrogen-bond donors (Lipinski definition) is 1. The molecule has 0 saturated heterocycles. The molecule has 15 heavy (non-hydrogen) atoms. The van der Waals surface area contributed by atoms with Gasteiger partial charge in [-0.25, -0.2) is 0 Å². The summed E-state index contributed by atoms with van der Waals surface area (Å²) in [4.78, 5) is 0. The zero-order valence-corrected chi connectivity index (χ0v) is 11.2. The summed E-state index contributed by atoms with van der Waals surface area (Å²) in [7, 11) is -0.826. The molecule has 0 aromatic heterocycles. The zero-order chi connectivity index (χ0) is 11.1. The van der Waals surface area contributed by atoms with Crippen molar-refractivity contribution in [2.45, 2.75) is 38.7 Å². The van der Waals surface area contributed by atoms with Gasteiger partial charge in [0.1, 0.15) is 0 Å². The number of hydrogen-bond acceptors (Lipinski definition) is 1. The average Bonchev–Trinajstić information content (AvgIpc) is 2.17. The Kier molecular flexibility index (Phi) is 5.06. The van der Waals surface area contributed by atoms with Crippen LogP contribution in [0.5, 0.6) is 0 Å². The monoisotopic (exact) mass is 221 g/mol. The van der Waals surface area contributed by atoms with Crippen LogP contribution >= 0.6 is 0 Å². The second-order valence-corrected chi connectivity index (χ2v) is 10.9. The van der Waals surface area contributed by atoms with Gasteiger partial charge < -0.3 is 5.32 Å². The van der Waals surface area contributed by atoms with Crippen molar-refractivity contribution in [3.63, 3.8) is 0 Å². The summed E-state index contributed by atoms with van der Waals surface area (Å²) in [6.45, 7) is 9.46. The van der Waals surface area contributed by atoms with E-state index >= 15 is 0 Å². The molecule has 0 saturated carbocycles. The van der Waals surface area contributed by atoms with E-state index < -0.39 is 8.07 Å². The molecule has 0 radical (unpaired) electrons. The van der Waals surface area contributed by atoms with E-state index in [-0.39, 0.29) is 0 Å².